The molecule has 2 heterocycles. The molecule has 5 heteroatoms. The van der Waals surface area contributed by atoms with Gasteiger partial charge < -0.3 is 5.11 Å². The fraction of sp³-hybridized carbons (Fsp3) is 0.800. The summed E-state index contributed by atoms with van der Waals surface area (Å²) in [5.41, 5.74) is 1.76. The summed E-state index contributed by atoms with van der Waals surface area (Å²) >= 11 is 0. The van der Waals surface area contributed by atoms with Crippen LogP contribution in [0.2, 0.25) is 0 Å². The van der Waals surface area contributed by atoms with E-state index in [9.17, 15) is 5.11 Å². The lowest BCUT2D eigenvalue weighted by Crippen LogP contribution is -2.24. The van der Waals surface area contributed by atoms with Gasteiger partial charge in [0.05, 0.1) is 6.10 Å². The van der Waals surface area contributed by atoms with Crippen LogP contribution in [0.4, 0.5) is 0 Å². The largest absolute Gasteiger partial charge is 0.393 e. The Kier molecular flexibility index (Phi) is 3.02. The van der Waals surface area contributed by atoms with Gasteiger partial charge in [0.2, 0.25) is 0 Å². The van der Waals surface area contributed by atoms with Gasteiger partial charge >= 0.3 is 0 Å². The number of aliphatic hydroxyl groups is 1. The molecule has 0 saturated carbocycles. The van der Waals surface area contributed by atoms with Crippen LogP contribution in [-0.2, 0) is 6.54 Å². The van der Waals surface area contributed by atoms with Gasteiger partial charge in [-0.15, -0.1) is 0 Å². The monoisotopic (exact) mass is 211 g/mol. The molecule has 84 valence electrons. The topological polar surface area (TPSA) is 62.4 Å². The summed E-state index contributed by atoms with van der Waals surface area (Å²) in [5, 5.41) is 17.1. The van der Waals surface area contributed by atoms with Crippen molar-refractivity contribution in [2.45, 2.75) is 32.9 Å². The second-order valence-electron chi connectivity index (χ2n) is 4.32. The zero-order valence-corrected chi connectivity index (χ0v) is 9.18. The van der Waals surface area contributed by atoms with Crippen LogP contribution in [0.3, 0.4) is 0 Å². The minimum atomic E-state index is -0.216. The van der Waals surface area contributed by atoms with E-state index in [-0.39, 0.29) is 6.10 Å². The zero-order chi connectivity index (χ0) is 10.8. The Morgan fingerprint density at radius 1 is 1.60 bits per heavy atom. The van der Waals surface area contributed by atoms with Crippen LogP contribution in [-0.4, -0.2) is 39.5 Å². The predicted molar refractivity (Wildman–Crippen MR) is 54.1 cm³/mol. The number of aryl methyl sites for hydroxylation is 1. The van der Waals surface area contributed by atoms with Crippen molar-refractivity contribution in [3.05, 3.63) is 11.4 Å². The number of aromatic nitrogens is 2. The van der Waals surface area contributed by atoms with Crippen molar-refractivity contribution in [1.82, 2.24) is 15.2 Å². The van der Waals surface area contributed by atoms with Crippen LogP contribution >= 0.6 is 0 Å². The second kappa shape index (κ2) is 4.28. The van der Waals surface area contributed by atoms with Gasteiger partial charge in [-0.3, -0.25) is 4.90 Å². The van der Waals surface area contributed by atoms with Crippen molar-refractivity contribution in [3.63, 3.8) is 0 Å². The molecule has 1 N–H and O–H groups in total. The maximum atomic E-state index is 9.48. The summed E-state index contributed by atoms with van der Waals surface area (Å²) < 4.78 is 4.65. The van der Waals surface area contributed by atoms with E-state index in [0.29, 0.717) is 5.92 Å². The highest BCUT2D eigenvalue weighted by molar-refractivity contribution is 5.04. The van der Waals surface area contributed by atoms with Gasteiger partial charge in [0, 0.05) is 13.1 Å². The van der Waals surface area contributed by atoms with Gasteiger partial charge in [0.15, 0.2) is 0 Å². The van der Waals surface area contributed by atoms with E-state index < -0.39 is 0 Å². The molecule has 1 saturated heterocycles. The van der Waals surface area contributed by atoms with Crippen molar-refractivity contribution in [1.29, 1.82) is 0 Å². The van der Waals surface area contributed by atoms with Crippen molar-refractivity contribution in [2.75, 3.05) is 13.1 Å². The van der Waals surface area contributed by atoms with Gasteiger partial charge in [0.1, 0.15) is 11.4 Å². The summed E-state index contributed by atoms with van der Waals surface area (Å²) in [5.74, 6) is 0.394. The lowest BCUT2D eigenvalue weighted by Gasteiger charge is -2.15. The van der Waals surface area contributed by atoms with Gasteiger partial charge in [-0.25, -0.2) is 4.63 Å². The molecule has 2 rings (SSSR count). The van der Waals surface area contributed by atoms with Crippen LogP contribution in [0, 0.1) is 12.8 Å². The normalized spacial score (nSPS) is 24.6. The SMILES string of the molecule is Cc1nonc1CN1CCC(C(C)O)C1. The van der Waals surface area contributed by atoms with Gasteiger partial charge in [-0.2, -0.15) is 0 Å². The lowest BCUT2D eigenvalue weighted by molar-refractivity contribution is 0.127. The summed E-state index contributed by atoms with van der Waals surface area (Å²) in [6.07, 6.45) is 0.841. The van der Waals surface area contributed by atoms with Crippen molar-refractivity contribution in [2.24, 2.45) is 5.92 Å². The molecule has 1 aliphatic rings. The van der Waals surface area contributed by atoms with Crippen LogP contribution < -0.4 is 0 Å². The van der Waals surface area contributed by atoms with E-state index in [1.165, 1.54) is 0 Å². The molecule has 1 aromatic rings. The van der Waals surface area contributed by atoms with E-state index >= 15 is 0 Å². The fourth-order valence-electron chi connectivity index (χ4n) is 2.00. The van der Waals surface area contributed by atoms with Crippen LogP contribution in [0.1, 0.15) is 24.7 Å². The number of nitrogens with zero attached hydrogens (tertiary/aromatic N) is 3. The molecule has 1 aliphatic heterocycles. The number of hydrogen-bond acceptors (Lipinski definition) is 5. The Morgan fingerprint density at radius 3 is 2.93 bits per heavy atom. The number of rotatable bonds is 3. The first kappa shape index (κ1) is 10.6. The summed E-state index contributed by atoms with van der Waals surface area (Å²) in [7, 11) is 0. The van der Waals surface area contributed by atoms with Crippen molar-refractivity contribution < 1.29 is 9.74 Å². The fourth-order valence-corrected chi connectivity index (χ4v) is 2.00. The molecule has 0 amide bonds. The summed E-state index contributed by atoms with van der Waals surface area (Å²) in [6, 6.07) is 0. The third-order valence-electron chi connectivity index (χ3n) is 3.11. The molecule has 1 aromatic heterocycles. The molecule has 5 nitrogen and oxygen atoms in total. The van der Waals surface area contributed by atoms with Crippen LogP contribution in [0.5, 0.6) is 0 Å². The van der Waals surface area contributed by atoms with Gasteiger partial charge in [-0.1, -0.05) is 10.3 Å². The molecule has 1 fully saturated rings. The van der Waals surface area contributed by atoms with Crippen LogP contribution in [0.15, 0.2) is 4.63 Å². The minimum Gasteiger partial charge on any atom is -0.393 e. The van der Waals surface area contributed by atoms with Gasteiger partial charge in [0.25, 0.3) is 0 Å². The highest BCUT2D eigenvalue weighted by Gasteiger charge is 2.26. The number of aliphatic hydroxyl groups excluding tert-OH is 1. The molecule has 0 bridgehead atoms. The highest BCUT2D eigenvalue weighted by atomic mass is 16.6. The Morgan fingerprint density at radius 2 is 2.40 bits per heavy atom. The number of likely N-dealkylation sites (tertiary alicyclic amines) is 1. The maximum absolute atomic E-state index is 9.48. The Balaban J connectivity index is 1.90. The van der Waals surface area contributed by atoms with E-state index in [0.717, 1.165) is 37.4 Å². The first-order chi connectivity index (χ1) is 7.16. The first-order valence-electron chi connectivity index (χ1n) is 5.35. The lowest BCUT2D eigenvalue weighted by atomic mass is 10.0. The molecule has 2 unspecified atom stereocenters. The van der Waals surface area contributed by atoms with Crippen molar-refractivity contribution >= 4 is 0 Å². The van der Waals surface area contributed by atoms with Crippen LogP contribution in [0.25, 0.3) is 0 Å². The molecule has 0 radical (unpaired) electrons. The molecule has 2 atom stereocenters. The predicted octanol–water partition coefficient (Wildman–Crippen LogP) is 0.581. The second-order valence-corrected chi connectivity index (χ2v) is 4.32. The highest BCUT2D eigenvalue weighted by Crippen LogP contribution is 2.21. The Bertz CT molecular complexity index is 324. The van der Waals surface area contributed by atoms with E-state index in [1.807, 2.05) is 13.8 Å². The summed E-state index contributed by atoms with van der Waals surface area (Å²) in [4.78, 5) is 2.28. The molecule has 0 spiro atoms. The minimum absolute atomic E-state index is 0.216. The molecule has 15 heavy (non-hydrogen) atoms. The number of hydrogen-bond donors (Lipinski definition) is 1. The Hall–Kier alpha value is -0.940. The van der Waals surface area contributed by atoms with E-state index in [2.05, 4.69) is 19.8 Å². The third kappa shape index (κ3) is 2.35. The maximum Gasteiger partial charge on any atom is 0.122 e. The van der Waals surface area contributed by atoms with Crippen molar-refractivity contribution in [3.8, 4) is 0 Å². The standard InChI is InChI=1S/C10H17N3O2/c1-7-10(12-15-11-7)6-13-4-3-9(5-13)8(2)14/h8-9,14H,3-6H2,1-2H3. The zero-order valence-electron chi connectivity index (χ0n) is 9.18. The smallest absolute Gasteiger partial charge is 0.122 e. The molecular weight excluding hydrogens is 194 g/mol. The molecule has 0 aliphatic carbocycles. The molecule has 0 aromatic carbocycles. The van der Waals surface area contributed by atoms with E-state index in [4.69, 9.17) is 0 Å². The quantitative estimate of drug-likeness (QED) is 0.792. The first-order valence-corrected chi connectivity index (χ1v) is 5.35. The van der Waals surface area contributed by atoms with Gasteiger partial charge in [-0.05, 0) is 32.7 Å². The summed E-state index contributed by atoms with van der Waals surface area (Å²) in [6.45, 7) is 6.48. The third-order valence-corrected chi connectivity index (χ3v) is 3.11. The average Bonchev–Trinajstić information content (AvgIpc) is 2.77. The molecular formula is C10H17N3O2. The Labute approximate surface area is 89.0 Å². The van der Waals surface area contributed by atoms with E-state index in [1.54, 1.807) is 0 Å². The average molecular weight is 211 g/mol.